The number of benzene rings is 1. The molecule has 0 aromatic heterocycles. The van der Waals surface area contributed by atoms with Gasteiger partial charge in [-0.15, -0.1) is 0 Å². The van der Waals surface area contributed by atoms with Crippen LogP contribution in [0.15, 0.2) is 18.2 Å². The lowest BCUT2D eigenvalue weighted by Crippen LogP contribution is -2.41. The molecular weight excluding hydrogens is 284 g/mol. The summed E-state index contributed by atoms with van der Waals surface area (Å²) in [5.74, 6) is 2.75. The third-order valence-corrected chi connectivity index (χ3v) is 4.77. The van der Waals surface area contributed by atoms with Crippen molar-refractivity contribution in [3.05, 3.63) is 23.8 Å². The summed E-state index contributed by atoms with van der Waals surface area (Å²) in [5.41, 5.74) is 1.85. The van der Waals surface area contributed by atoms with Crippen LogP contribution >= 0.6 is 11.8 Å². The van der Waals surface area contributed by atoms with Gasteiger partial charge in [0.15, 0.2) is 0 Å². The minimum absolute atomic E-state index is 0.0106. The summed E-state index contributed by atoms with van der Waals surface area (Å²) in [6.07, 6.45) is 4.35. The van der Waals surface area contributed by atoms with Crippen LogP contribution in [0.25, 0.3) is 0 Å². The number of amides is 2. The summed E-state index contributed by atoms with van der Waals surface area (Å²) in [6, 6.07) is 5.73. The number of piperidine rings is 1. The SMILES string of the molecule is COc1cc(NC(=O)N2CCC(CSC)CC2)ccc1C. The first-order valence-electron chi connectivity index (χ1n) is 7.33. The molecule has 0 spiro atoms. The van der Waals surface area contributed by atoms with Crippen LogP contribution in [0.2, 0.25) is 0 Å². The van der Waals surface area contributed by atoms with Gasteiger partial charge in [-0.3, -0.25) is 0 Å². The van der Waals surface area contributed by atoms with Gasteiger partial charge in [0.25, 0.3) is 0 Å². The lowest BCUT2D eigenvalue weighted by molar-refractivity contribution is 0.187. The van der Waals surface area contributed by atoms with Crippen molar-refractivity contribution >= 4 is 23.5 Å². The number of urea groups is 1. The number of hydrogen-bond donors (Lipinski definition) is 1. The van der Waals surface area contributed by atoms with Crippen LogP contribution < -0.4 is 10.1 Å². The van der Waals surface area contributed by atoms with Gasteiger partial charge in [0.1, 0.15) is 5.75 Å². The van der Waals surface area contributed by atoms with Crippen LogP contribution in [0.4, 0.5) is 10.5 Å². The predicted octanol–water partition coefficient (Wildman–Crippen LogP) is 3.61. The van der Waals surface area contributed by atoms with Crippen molar-refractivity contribution in [2.75, 3.05) is 37.5 Å². The van der Waals surface area contributed by atoms with E-state index in [1.54, 1.807) is 7.11 Å². The second-order valence-corrected chi connectivity index (χ2v) is 6.41. The van der Waals surface area contributed by atoms with E-state index in [4.69, 9.17) is 4.74 Å². The van der Waals surface area contributed by atoms with Crippen molar-refractivity contribution in [1.29, 1.82) is 0 Å². The van der Waals surface area contributed by atoms with Crippen LogP contribution in [-0.2, 0) is 0 Å². The number of ether oxygens (including phenoxy) is 1. The summed E-state index contributed by atoms with van der Waals surface area (Å²) in [6.45, 7) is 3.68. The monoisotopic (exact) mass is 308 g/mol. The predicted molar refractivity (Wildman–Crippen MR) is 89.4 cm³/mol. The largest absolute Gasteiger partial charge is 0.496 e. The maximum absolute atomic E-state index is 12.3. The van der Waals surface area contributed by atoms with Crippen LogP contribution in [0.5, 0.6) is 5.75 Å². The fraction of sp³-hybridized carbons (Fsp3) is 0.562. The van der Waals surface area contributed by atoms with Crippen molar-refractivity contribution in [3.8, 4) is 5.75 Å². The molecule has 0 bridgehead atoms. The van der Waals surface area contributed by atoms with Gasteiger partial charge < -0.3 is 15.0 Å². The molecule has 5 heteroatoms. The first-order valence-corrected chi connectivity index (χ1v) is 8.73. The minimum Gasteiger partial charge on any atom is -0.496 e. The Hall–Kier alpha value is -1.36. The Balaban J connectivity index is 1.90. The molecule has 0 saturated carbocycles. The molecule has 1 aromatic rings. The van der Waals surface area contributed by atoms with E-state index in [1.807, 2.05) is 41.8 Å². The first kappa shape index (κ1) is 16.0. The van der Waals surface area contributed by atoms with E-state index in [1.165, 1.54) is 5.75 Å². The average Bonchev–Trinajstić information content (AvgIpc) is 2.50. The number of anilines is 1. The second kappa shape index (κ2) is 7.59. The lowest BCUT2D eigenvalue weighted by atomic mass is 9.99. The highest BCUT2D eigenvalue weighted by molar-refractivity contribution is 7.98. The molecule has 0 unspecified atom stereocenters. The number of likely N-dealkylation sites (tertiary alicyclic amines) is 1. The maximum atomic E-state index is 12.3. The van der Waals surface area contributed by atoms with Gasteiger partial charge in [-0.05, 0) is 49.3 Å². The van der Waals surface area contributed by atoms with E-state index in [0.29, 0.717) is 0 Å². The molecule has 0 atom stereocenters. The van der Waals surface area contributed by atoms with Gasteiger partial charge in [-0.1, -0.05) is 6.07 Å². The molecule has 1 aliphatic heterocycles. The second-order valence-electron chi connectivity index (χ2n) is 5.50. The highest BCUT2D eigenvalue weighted by atomic mass is 32.2. The Bertz CT molecular complexity index is 485. The van der Waals surface area contributed by atoms with Gasteiger partial charge in [0.2, 0.25) is 0 Å². The lowest BCUT2D eigenvalue weighted by Gasteiger charge is -2.31. The van der Waals surface area contributed by atoms with E-state index in [-0.39, 0.29) is 6.03 Å². The highest BCUT2D eigenvalue weighted by Gasteiger charge is 2.22. The van der Waals surface area contributed by atoms with Crippen molar-refractivity contribution in [1.82, 2.24) is 4.90 Å². The average molecular weight is 308 g/mol. The highest BCUT2D eigenvalue weighted by Crippen LogP contribution is 2.24. The van der Waals surface area contributed by atoms with Crippen molar-refractivity contribution in [3.63, 3.8) is 0 Å². The molecule has 2 rings (SSSR count). The van der Waals surface area contributed by atoms with E-state index in [2.05, 4.69) is 11.6 Å². The molecule has 21 heavy (non-hydrogen) atoms. The summed E-state index contributed by atoms with van der Waals surface area (Å²) in [5, 5.41) is 2.96. The fourth-order valence-electron chi connectivity index (χ4n) is 2.64. The Morgan fingerprint density at radius 1 is 1.43 bits per heavy atom. The molecule has 1 N–H and O–H groups in total. The number of nitrogens with one attached hydrogen (secondary N) is 1. The smallest absolute Gasteiger partial charge is 0.321 e. The summed E-state index contributed by atoms with van der Waals surface area (Å²) in [7, 11) is 1.64. The van der Waals surface area contributed by atoms with Crippen molar-refractivity contribution in [2.24, 2.45) is 5.92 Å². The molecule has 1 fully saturated rings. The summed E-state index contributed by atoms with van der Waals surface area (Å²) >= 11 is 1.89. The van der Waals surface area contributed by atoms with Crippen molar-refractivity contribution < 1.29 is 9.53 Å². The molecule has 1 aliphatic rings. The molecule has 4 nitrogen and oxygen atoms in total. The zero-order chi connectivity index (χ0) is 15.2. The topological polar surface area (TPSA) is 41.6 Å². The Morgan fingerprint density at radius 2 is 2.14 bits per heavy atom. The summed E-state index contributed by atoms with van der Waals surface area (Å²) < 4.78 is 5.29. The number of methoxy groups -OCH3 is 1. The quantitative estimate of drug-likeness (QED) is 0.924. The standard InChI is InChI=1S/C16H24N2O2S/c1-12-4-5-14(10-15(12)20-2)17-16(19)18-8-6-13(7-9-18)11-21-3/h4-5,10,13H,6-9,11H2,1-3H3,(H,17,19). The van der Waals surface area contributed by atoms with Crippen LogP contribution in [0.3, 0.4) is 0 Å². The molecule has 1 aromatic carbocycles. The third kappa shape index (κ3) is 4.30. The van der Waals surface area contributed by atoms with Crippen LogP contribution in [0.1, 0.15) is 18.4 Å². The maximum Gasteiger partial charge on any atom is 0.321 e. The summed E-state index contributed by atoms with van der Waals surface area (Å²) in [4.78, 5) is 14.2. The van der Waals surface area contributed by atoms with E-state index >= 15 is 0 Å². The normalized spacial score (nSPS) is 15.9. The first-order chi connectivity index (χ1) is 10.1. The molecule has 0 aliphatic carbocycles. The van der Waals surface area contributed by atoms with Gasteiger partial charge in [0, 0.05) is 24.8 Å². The van der Waals surface area contributed by atoms with Gasteiger partial charge in [-0.2, -0.15) is 11.8 Å². The molecule has 2 amide bonds. The molecular formula is C16H24N2O2S. The molecule has 116 valence electrons. The van der Waals surface area contributed by atoms with Gasteiger partial charge in [-0.25, -0.2) is 4.79 Å². The van der Waals surface area contributed by atoms with E-state index in [0.717, 1.165) is 48.8 Å². The molecule has 1 saturated heterocycles. The minimum atomic E-state index is -0.0106. The van der Waals surface area contributed by atoms with Crippen LogP contribution in [-0.4, -0.2) is 43.1 Å². The fourth-order valence-corrected chi connectivity index (χ4v) is 3.44. The van der Waals surface area contributed by atoms with Crippen molar-refractivity contribution in [2.45, 2.75) is 19.8 Å². The van der Waals surface area contributed by atoms with Crippen LogP contribution in [0, 0.1) is 12.8 Å². The zero-order valence-electron chi connectivity index (χ0n) is 13.0. The number of rotatable bonds is 4. The molecule has 1 heterocycles. The van der Waals surface area contributed by atoms with E-state index in [9.17, 15) is 4.79 Å². The Kier molecular flexibility index (Phi) is 5.79. The van der Waals surface area contributed by atoms with E-state index < -0.39 is 0 Å². The number of thioether (sulfide) groups is 1. The van der Waals surface area contributed by atoms with Gasteiger partial charge >= 0.3 is 6.03 Å². The Labute approximate surface area is 131 Å². The number of carbonyl (C=O) groups is 1. The van der Waals surface area contributed by atoms with Gasteiger partial charge in [0.05, 0.1) is 7.11 Å². The number of aryl methyl sites for hydroxylation is 1. The number of carbonyl (C=O) groups excluding carboxylic acids is 1. The zero-order valence-corrected chi connectivity index (χ0v) is 13.8. The third-order valence-electron chi connectivity index (χ3n) is 3.96. The molecule has 0 radical (unpaired) electrons. The Morgan fingerprint density at radius 3 is 2.76 bits per heavy atom. The number of nitrogens with zero attached hydrogens (tertiary/aromatic N) is 1. The number of hydrogen-bond acceptors (Lipinski definition) is 3.